The molecule has 0 unspecified atom stereocenters. The van der Waals surface area contributed by atoms with Crippen LogP contribution >= 0.6 is 47.8 Å². The summed E-state index contributed by atoms with van der Waals surface area (Å²) in [6.45, 7) is 3.98. The zero-order valence-corrected chi connectivity index (χ0v) is 16.9. The number of aliphatic hydroxyl groups excluding tert-OH is 1. The van der Waals surface area contributed by atoms with Gasteiger partial charge in [0.05, 0.1) is 22.7 Å². The number of nitrogens with zero attached hydrogens (tertiary/aromatic N) is 1. The van der Waals surface area contributed by atoms with E-state index in [1.54, 1.807) is 6.21 Å². The lowest BCUT2D eigenvalue weighted by molar-refractivity contribution is 0.240. The van der Waals surface area contributed by atoms with Crippen molar-refractivity contribution >= 4 is 64.8 Å². The Labute approximate surface area is 154 Å². The monoisotopic (exact) mass is 491 g/mol. The van der Waals surface area contributed by atoms with Crippen LogP contribution in [0.5, 0.6) is 5.75 Å². The highest BCUT2D eigenvalue weighted by atomic mass is 79.9. The Morgan fingerprint density at radius 2 is 1.86 bits per heavy atom. The minimum Gasteiger partial charge on any atom is -0.506 e. The minimum atomic E-state index is -0.194. The van der Waals surface area contributed by atoms with Gasteiger partial charge in [-0.3, -0.25) is 4.99 Å². The Balaban J connectivity index is 2.64. The molecule has 0 aliphatic rings. The van der Waals surface area contributed by atoms with Crippen molar-refractivity contribution in [1.82, 2.24) is 0 Å². The van der Waals surface area contributed by atoms with Crippen molar-refractivity contribution in [2.45, 2.75) is 19.9 Å². The largest absolute Gasteiger partial charge is 0.506 e. The van der Waals surface area contributed by atoms with Crippen molar-refractivity contribution in [1.29, 1.82) is 0 Å². The van der Waals surface area contributed by atoms with E-state index < -0.39 is 0 Å². The van der Waals surface area contributed by atoms with Gasteiger partial charge in [-0.25, -0.2) is 0 Å². The lowest BCUT2D eigenvalue weighted by Crippen LogP contribution is -2.17. The zero-order chi connectivity index (χ0) is 16.4. The summed E-state index contributed by atoms with van der Waals surface area (Å²) in [5.41, 5.74) is 0.588. The number of aliphatic hydroxyl groups is 1. The van der Waals surface area contributed by atoms with E-state index in [2.05, 4.69) is 52.8 Å². The number of hydrogen-bond acceptors (Lipinski definition) is 3. The van der Waals surface area contributed by atoms with Crippen LogP contribution in [0, 0.1) is 5.92 Å². The van der Waals surface area contributed by atoms with Crippen LogP contribution in [0.25, 0.3) is 10.8 Å². The average Bonchev–Trinajstić information content (AvgIpc) is 2.48. The average molecular weight is 494 g/mol. The summed E-state index contributed by atoms with van der Waals surface area (Å²) in [6, 6.07) is 5.60. The first-order valence-electron chi connectivity index (χ1n) is 6.80. The van der Waals surface area contributed by atoms with Crippen molar-refractivity contribution in [3.05, 3.63) is 37.2 Å². The fourth-order valence-corrected chi connectivity index (χ4v) is 4.22. The molecule has 118 valence electrons. The van der Waals surface area contributed by atoms with Crippen LogP contribution in [0.15, 0.2) is 36.6 Å². The molecule has 0 spiro atoms. The van der Waals surface area contributed by atoms with E-state index in [0.29, 0.717) is 10.0 Å². The number of hydrogen-bond donors (Lipinski definition) is 2. The Kier molecular flexibility index (Phi) is 6.05. The number of phenols is 1. The van der Waals surface area contributed by atoms with Crippen molar-refractivity contribution in [3.8, 4) is 5.75 Å². The Bertz CT molecular complexity index is 729. The van der Waals surface area contributed by atoms with E-state index in [9.17, 15) is 10.2 Å². The SMILES string of the molecule is CC(C)[C@@H](CO)N=Cc1c(O)c(Br)c2cccc(Br)c2c1Br. The third kappa shape index (κ3) is 3.40. The third-order valence-electron chi connectivity index (χ3n) is 3.52. The Morgan fingerprint density at radius 3 is 2.45 bits per heavy atom. The second-order valence-corrected chi connectivity index (χ2v) is 7.77. The van der Waals surface area contributed by atoms with Gasteiger partial charge in [-0.05, 0) is 43.8 Å². The Hall–Kier alpha value is -0.430. The van der Waals surface area contributed by atoms with Gasteiger partial charge < -0.3 is 10.2 Å². The predicted molar refractivity (Wildman–Crippen MR) is 102 cm³/mol. The summed E-state index contributed by atoms with van der Waals surface area (Å²) >= 11 is 10.6. The molecule has 2 aromatic carbocycles. The molecule has 0 aromatic heterocycles. The van der Waals surface area contributed by atoms with Gasteiger partial charge in [0.25, 0.3) is 0 Å². The van der Waals surface area contributed by atoms with E-state index in [1.807, 2.05) is 32.0 Å². The molecule has 1 atom stereocenters. The van der Waals surface area contributed by atoms with Gasteiger partial charge >= 0.3 is 0 Å². The van der Waals surface area contributed by atoms with Crippen molar-refractivity contribution in [3.63, 3.8) is 0 Å². The molecule has 6 heteroatoms. The summed E-state index contributed by atoms with van der Waals surface area (Å²) in [5, 5.41) is 21.7. The van der Waals surface area contributed by atoms with Gasteiger partial charge in [0.1, 0.15) is 5.75 Å². The van der Waals surface area contributed by atoms with Gasteiger partial charge in [0.2, 0.25) is 0 Å². The molecule has 0 radical (unpaired) electrons. The number of fused-ring (bicyclic) bond motifs is 1. The molecule has 0 amide bonds. The zero-order valence-electron chi connectivity index (χ0n) is 12.1. The number of benzene rings is 2. The molecule has 0 bridgehead atoms. The van der Waals surface area contributed by atoms with Crippen molar-refractivity contribution in [2.75, 3.05) is 6.61 Å². The summed E-state index contributed by atoms with van der Waals surface area (Å²) in [5.74, 6) is 0.347. The number of aromatic hydroxyl groups is 1. The normalized spacial score (nSPS) is 13.4. The van der Waals surface area contributed by atoms with Crippen LogP contribution in [0.1, 0.15) is 19.4 Å². The fourth-order valence-electron chi connectivity index (χ4n) is 2.13. The van der Waals surface area contributed by atoms with E-state index in [4.69, 9.17) is 0 Å². The van der Waals surface area contributed by atoms with Crippen LogP contribution in [0.3, 0.4) is 0 Å². The molecular weight excluding hydrogens is 478 g/mol. The lowest BCUT2D eigenvalue weighted by atomic mass is 10.0. The highest BCUT2D eigenvalue weighted by molar-refractivity contribution is 9.11. The highest BCUT2D eigenvalue weighted by Crippen LogP contribution is 2.43. The van der Waals surface area contributed by atoms with E-state index in [1.165, 1.54) is 0 Å². The topological polar surface area (TPSA) is 52.8 Å². The van der Waals surface area contributed by atoms with E-state index in [-0.39, 0.29) is 24.3 Å². The maximum atomic E-state index is 10.4. The molecule has 0 aliphatic heterocycles. The number of halogens is 3. The summed E-state index contributed by atoms with van der Waals surface area (Å²) in [6.07, 6.45) is 1.62. The molecule has 0 heterocycles. The fraction of sp³-hybridized carbons (Fsp3) is 0.312. The van der Waals surface area contributed by atoms with Crippen LogP contribution in [0.4, 0.5) is 0 Å². The first-order valence-corrected chi connectivity index (χ1v) is 9.18. The molecule has 3 nitrogen and oxygen atoms in total. The predicted octanol–water partition coefficient (Wildman–Crippen LogP) is 5.27. The third-order valence-corrected chi connectivity index (χ3v) is 5.81. The molecule has 2 rings (SSSR count). The van der Waals surface area contributed by atoms with Crippen LogP contribution < -0.4 is 0 Å². The first-order chi connectivity index (χ1) is 10.4. The summed E-state index contributed by atoms with van der Waals surface area (Å²) < 4.78 is 2.31. The van der Waals surface area contributed by atoms with Crippen LogP contribution in [-0.4, -0.2) is 29.1 Å². The summed E-state index contributed by atoms with van der Waals surface area (Å²) in [7, 11) is 0. The van der Waals surface area contributed by atoms with Gasteiger partial charge in [0, 0.05) is 25.9 Å². The van der Waals surface area contributed by atoms with Gasteiger partial charge in [0.15, 0.2) is 0 Å². The molecule has 0 saturated carbocycles. The maximum absolute atomic E-state index is 10.4. The van der Waals surface area contributed by atoms with Gasteiger partial charge in [-0.15, -0.1) is 0 Å². The molecule has 0 aliphatic carbocycles. The van der Waals surface area contributed by atoms with Crippen LogP contribution in [0.2, 0.25) is 0 Å². The molecular formula is C16H16Br3NO2. The molecule has 2 N–H and O–H groups in total. The van der Waals surface area contributed by atoms with Gasteiger partial charge in [-0.1, -0.05) is 41.9 Å². The van der Waals surface area contributed by atoms with E-state index in [0.717, 1.165) is 19.7 Å². The molecule has 0 saturated heterocycles. The molecule has 2 aromatic rings. The standard InChI is InChI=1S/C16H16Br3NO2/c1-8(2)12(7-21)20-6-10-14(18)13-9(15(19)16(10)22)4-3-5-11(13)17/h3-6,8,12,21-22H,7H2,1-2H3/t12-/m1/s1. The number of aliphatic imine (C=N–C) groups is 1. The van der Waals surface area contributed by atoms with Crippen molar-refractivity contribution < 1.29 is 10.2 Å². The van der Waals surface area contributed by atoms with Gasteiger partial charge in [-0.2, -0.15) is 0 Å². The van der Waals surface area contributed by atoms with E-state index >= 15 is 0 Å². The summed E-state index contributed by atoms with van der Waals surface area (Å²) in [4.78, 5) is 4.41. The quantitative estimate of drug-likeness (QED) is 0.570. The first kappa shape index (κ1) is 17.9. The second kappa shape index (κ2) is 7.43. The Morgan fingerprint density at radius 1 is 1.18 bits per heavy atom. The molecule has 0 fully saturated rings. The minimum absolute atomic E-state index is 0.0228. The highest BCUT2D eigenvalue weighted by Gasteiger charge is 2.17. The smallest absolute Gasteiger partial charge is 0.140 e. The number of rotatable bonds is 4. The number of phenolic OH excluding ortho intramolecular Hbond substituents is 1. The van der Waals surface area contributed by atoms with Crippen LogP contribution in [-0.2, 0) is 0 Å². The second-order valence-electron chi connectivity index (χ2n) is 5.32. The molecule has 22 heavy (non-hydrogen) atoms. The maximum Gasteiger partial charge on any atom is 0.140 e. The lowest BCUT2D eigenvalue weighted by Gasteiger charge is -2.15. The van der Waals surface area contributed by atoms with Crippen molar-refractivity contribution in [2.24, 2.45) is 10.9 Å².